The molecule has 0 aliphatic heterocycles. The second-order valence-corrected chi connectivity index (χ2v) is 2.17. The smallest absolute Gasteiger partial charge is 0.0563 e. The first-order valence-electron chi connectivity index (χ1n) is 1.72. The third kappa shape index (κ3) is 117. The molecule has 0 aromatic carbocycles. The molecule has 0 unspecified atom stereocenters. The van der Waals surface area contributed by atoms with Gasteiger partial charge in [-0.15, -0.1) is 0 Å². The second-order valence-electron chi connectivity index (χ2n) is 2.17. The Morgan fingerprint density at radius 2 is 1.17 bits per heavy atom. The van der Waals surface area contributed by atoms with E-state index in [2.05, 4.69) is 0 Å². The molecule has 0 fully saturated rings. The Morgan fingerprint density at radius 3 is 1.17 bits per heavy atom. The van der Waals surface area contributed by atoms with Crippen molar-refractivity contribution >= 4 is 23.9 Å². The molecular weight excluding hydrogens is 183 g/mol. The quantitative estimate of drug-likeness (QED) is 0.551. The van der Waals surface area contributed by atoms with Crippen LogP contribution >= 0.6 is 0 Å². The molecule has 4 radical (unpaired) electrons. The minimum absolute atomic E-state index is 0. The van der Waals surface area contributed by atoms with Crippen molar-refractivity contribution in [3.63, 3.8) is 0 Å². The van der Waals surface area contributed by atoms with E-state index in [0.717, 1.165) is 0 Å². The average Bonchev–Trinajstić information content (AvgIpc) is 0.722. The molecule has 0 saturated heterocycles. The SMILES string of the molecule is CC(C)(C)O.[Sn]. The van der Waals surface area contributed by atoms with Crippen LogP contribution in [0.4, 0.5) is 0 Å². The van der Waals surface area contributed by atoms with Crippen LogP contribution in [0.3, 0.4) is 0 Å². The summed E-state index contributed by atoms with van der Waals surface area (Å²) in [5.41, 5.74) is -0.500. The summed E-state index contributed by atoms with van der Waals surface area (Å²) in [6, 6.07) is 0. The minimum Gasteiger partial charge on any atom is -0.391 e. The van der Waals surface area contributed by atoms with Crippen LogP contribution in [0.2, 0.25) is 0 Å². The van der Waals surface area contributed by atoms with Gasteiger partial charge in [0.05, 0.1) is 5.60 Å². The second kappa shape index (κ2) is 2.85. The van der Waals surface area contributed by atoms with Crippen LogP contribution in [-0.4, -0.2) is 34.6 Å². The van der Waals surface area contributed by atoms with Crippen LogP contribution in [0.5, 0.6) is 0 Å². The van der Waals surface area contributed by atoms with Crippen LogP contribution in [0.1, 0.15) is 20.8 Å². The zero-order valence-electron chi connectivity index (χ0n) is 4.45. The summed E-state index contributed by atoms with van der Waals surface area (Å²) in [6.45, 7) is 5.23. The largest absolute Gasteiger partial charge is 0.391 e. The Labute approximate surface area is 55.7 Å². The van der Waals surface area contributed by atoms with Crippen LogP contribution in [-0.2, 0) is 0 Å². The molecular formula is C4H10OSn. The Balaban J connectivity index is 0. The molecule has 0 rings (SSSR count). The van der Waals surface area contributed by atoms with Gasteiger partial charge in [-0.1, -0.05) is 0 Å². The molecule has 1 N–H and O–H groups in total. The fourth-order valence-electron chi connectivity index (χ4n) is 0. The van der Waals surface area contributed by atoms with Gasteiger partial charge in [0.2, 0.25) is 0 Å². The molecule has 1 nitrogen and oxygen atoms in total. The summed E-state index contributed by atoms with van der Waals surface area (Å²) < 4.78 is 0. The van der Waals surface area contributed by atoms with Gasteiger partial charge in [-0.2, -0.15) is 0 Å². The first kappa shape index (κ1) is 9.90. The van der Waals surface area contributed by atoms with Crippen molar-refractivity contribution in [2.75, 3.05) is 0 Å². The van der Waals surface area contributed by atoms with Crippen LogP contribution in [0, 0.1) is 0 Å². The van der Waals surface area contributed by atoms with E-state index in [1.807, 2.05) is 0 Å². The third-order valence-corrected chi connectivity index (χ3v) is 0. The molecule has 0 aliphatic carbocycles. The molecule has 0 aliphatic rings. The molecule has 0 aromatic heterocycles. The van der Waals surface area contributed by atoms with Crippen LogP contribution in [0.15, 0.2) is 0 Å². The summed E-state index contributed by atoms with van der Waals surface area (Å²) in [7, 11) is 0. The van der Waals surface area contributed by atoms with Gasteiger partial charge in [-0.3, -0.25) is 0 Å². The molecule has 36 valence electrons. The summed E-state index contributed by atoms with van der Waals surface area (Å²) in [4.78, 5) is 0. The molecule has 0 heterocycles. The number of aliphatic hydroxyl groups is 1. The maximum Gasteiger partial charge on any atom is 0.0563 e. The van der Waals surface area contributed by atoms with E-state index in [0.29, 0.717) is 0 Å². The van der Waals surface area contributed by atoms with Gasteiger partial charge < -0.3 is 5.11 Å². The van der Waals surface area contributed by atoms with Crippen molar-refractivity contribution in [2.24, 2.45) is 0 Å². The van der Waals surface area contributed by atoms with Gasteiger partial charge >= 0.3 is 0 Å². The van der Waals surface area contributed by atoms with Crippen molar-refractivity contribution in [2.45, 2.75) is 26.4 Å². The predicted octanol–water partition coefficient (Wildman–Crippen LogP) is 0.396. The summed E-state index contributed by atoms with van der Waals surface area (Å²) >= 11 is 0. The predicted molar refractivity (Wildman–Crippen MR) is 27.7 cm³/mol. The van der Waals surface area contributed by atoms with Crippen molar-refractivity contribution in [3.05, 3.63) is 0 Å². The fraction of sp³-hybridized carbons (Fsp3) is 1.00. The van der Waals surface area contributed by atoms with E-state index >= 15 is 0 Å². The van der Waals surface area contributed by atoms with Gasteiger partial charge in [0.15, 0.2) is 0 Å². The molecule has 6 heavy (non-hydrogen) atoms. The number of hydrogen-bond acceptors (Lipinski definition) is 1. The maximum absolute atomic E-state index is 8.52. The number of rotatable bonds is 0. The van der Waals surface area contributed by atoms with Gasteiger partial charge in [-0.25, -0.2) is 0 Å². The van der Waals surface area contributed by atoms with E-state index in [-0.39, 0.29) is 23.9 Å². The zero-order chi connectivity index (χ0) is 4.50. The standard InChI is InChI=1S/C4H10O.Sn/c1-4(2,3)5;/h5H,1-3H3;. The van der Waals surface area contributed by atoms with Crippen LogP contribution < -0.4 is 0 Å². The molecule has 2 heteroatoms. The fourth-order valence-corrected chi connectivity index (χ4v) is 0. The molecule has 0 amide bonds. The van der Waals surface area contributed by atoms with E-state index < -0.39 is 5.60 Å². The third-order valence-electron chi connectivity index (χ3n) is 0. The van der Waals surface area contributed by atoms with Gasteiger partial charge in [0.1, 0.15) is 0 Å². The monoisotopic (exact) mass is 194 g/mol. The molecule has 0 spiro atoms. The first-order chi connectivity index (χ1) is 2.00. The zero-order valence-corrected chi connectivity index (χ0v) is 7.30. The molecule has 0 bridgehead atoms. The molecule has 0 saturated carbocycles. The topological polar surface area (TPSA) is 20.2 Å². The van der Waals surface area contributed by atoms with E-state index in [9.17, 15) is 0 Å². The summed E-state index contributed by atoms with van der Waals surface area (Å²) in [6.07, 6.45) is 0. The summed E-state index contributed by atoms with van der Waals surface area (Å²) in [5, 5.41) is 8.52. The minimum atomic E-state index is -0.500. The van der Waals surface area contributed by atoms with Crippen molar-refractivity contribution in [1.82, 2.24) is 0 Å². The normalized spacial score (nSPS) is 10.0. The van der Waals surface area contributed by atoms with E-state index in [4.69, 9.17) is 5.11 Å². The van der Waals surface area contributed by atoms with E-state index in [1.165, 1.54) is 0 Å². The van der Waals surface area contributed by atoms with Gasteiger partial charge in [-0.05, 0) is 20.8 Å². The molecule has 0 atom stereocenters. The van der Waals surface area contributed by atoms with Crippen molar-refractivity contribution < 1.29 is 5.11 Å². The Morgan fingerprint density at radius 1 is 1.17 bits per heavy atom. The Kier molecular flexibility index (Phi) is 4.71. The van der Waals surface area contributed by atoms with Crippen LogP contribution in [0.25, 0.3) is 0 Å². The average molecular weight is 193 g/mol. The number of hydrogen-bond donors (Lipinski definition) is 1. The van der Waals surface area contributed by atoms with Crippen molar-refractivity contribution in [3.8, 4) is 0 Å². The van der Waals surface area contributed by atoms with Gasteiger partial charge in [0, 0.05) is 23.9 Å². The Hall–Kier alpha value is 0.759. The molecule has 0 aromatic rings. The first-order valence-corrected chi connectivity index (χ1v) is 1.72. The summed E-state index contributed by atoms with van der Waals surface area (Å²) in [5.74, 6) is 0. The van der Waals surface area contributed by atoms with Gasteiger partial charge in [0.25, 0.3) is 0 Å². The Bertz CT molecular complexity index is 23.0. The van der Waals surface area contributed by atoms with E-state index in [1.54, 1.807) is 20.8 Å². The van der Waals surface area contributed by atoms with Crippen molar-refractivity contribution in [1.29, 1.82) is 0 Å². The maximum atomic E-state index is 8.52.